The molecule has 0 unspecified atom stereocenters. The predicted molar refractivity (Wildman–Crippen MR) is 243 cm³/mol. The summed E-state index contributed by atoms with van der Waals surface area (Å²) in [6.45, 7) is 15.8. The molecule has 9 heteroatoms. The Bertz CT molecular complexity index is 1230. The van der Waals surface area contributed by atoms with Gasteiger partial charge in [-0.15, -0.1) is 0 Å². The quantitative estimate of drug-likeness (QED) is 0.0492. The van der Waals surface area contributed by atoms with E-state index >= 15 is 16.8 Å². The van der Waals surface area contributed by atoms with Crippen LogP contribution in [0.25, 0.3) is 0 Å². The molecule has 1 radical (unpaired) electrons. The topological polar surface area (TPSA) is 68.3 Å². The van der Waals surface area contributed by atoms with Crippen molar-refractivity contribution in [3.63, 3.8) is 0 Å². The van der Waals surface area contributed by atoms with E-state index < -0.39 is 57.8 Å². The third kappa shape index (κ3) is 19.7. The summed E-state index contributed by atoms with van der Waals surface area (Å²) in [5, 5.41) is 0. The molecule has 1 aromatic heterocycles. The van der Waals surface area contributed by atoms with Crippen LogP contribution in [0.4, 0.5) is 0 Å². The van der Waals surface area contributed by atoms with Gasteiger partial charge >= 0.3 is 337 Å². The molecule has 1 aromatic rings. The van der Waals surface area contributed by atoms with Gasteiger partial charge in [-0.05, 0) is 0 Å². The van der Waals surface area contributed by atoms with Crippen LogP contribution in [0.1, 0.15) is 215 Å². The van der Waals surface area contributed by atoms with E-state index in [9.17, 15) is 0 Å². The molecule has 1 heterocycles. The molecule has 0 N–H and O–H groups in total. The normalized spacial score (nSPS) is 12.8. The molecule has 53 heavy (non-hydrogen) atoms. The summed E-state index contributed by atoms with van der Waals surface area (Å²) in [6, 6.07) is 0. The summed E-state index contributed by atoms with van der Waals surface area (Å²) in [4.78, 5) is 0.831. The fraction of sp³-hybridized carbons (Fsp3) is 0.909. The molecule has 0 amide bonds. The van der Waals surface area contributed by atoms with Crippen LogP contribution in [0.5, 0.6) is 0 Å². The van der Waals surface area contributed by atoms with Crippen LogP contribution >= 0.6 is 11.3 Å². The number of rotatable bonds is 37. The van der Waals surface area contributed by atoms with Crippen LogP contribution in [0, 0.1) is 0 Å². The van der Waals surface area contributed by atoms with Crippen LogP contribution in [-0.2, 0) is 19.7 Å². The van der Waals surface area contributed by atoms with E-state index in [4.69, 9.17) is 0 Å². The number of sulfone groups is 2. The molecule has 0 aliphatic carbocycles. The van der Waals surface area contributed by atoms with Gasteiger partial charge in [0.1, 0.15) is 0 Å². The van der Waals surface area contributed by atoms with Crippen molar-refractivity contribution in [3.05, 3.63) is 0 Å². The van der Waals surface area contributed by atoms with Crippen LogP contribution in [0.3, 0.4) is 0 Å². The molecule has 0 fully saturated rings. The molecule has 0 aliphatic heterocycles. The molecule has 0 saturated carbocycles. The first kappa shape index (κ1) is 52.2. The molecule has 0 bridgehead atoms. The van der Waals surface area contributed by atoms with Gasteiger partial charge in [0.2, 0.25) is 0 Å². The van der Waals surface area contributed by atoms with Gasteiger partial charge in [0.15, 0.2) is 0 Å². The third-order valence-electron chi connectivity index (χ3n) is 11.5. The fourth-order valence-electron chi connectivity index (χ4n) is 8.00. The molecule has 0 saturated heterocycles. The Morgan fingerprint density at radius 3 is 1.09 bits per heavy atom. The Kier molecular flexibility index (Phi) is 30.7. The predicted octanol–water partition coefficient (Wildman–Crippen LogP) is 13.9. The van der Waals surface area contributed by atoms with E-state index in [0.717, 1.165) is 102 Å². The average Bonchev–Trinajstić information content (AvgIpc) is 3.57. The second-order valence-corrected chi connectivity index (χ2v) is 44.3. The van der Waals surface area contributed by atoms with Gasteiger partial charge in [0.25, 0.3) is 0 Å². The molecule has 4 nitrogen and oxygen atoms in total. The van der Waals surface area contributed by atoms with E-state index in [0.29, 0.717) is 22.6 Å². The SMILES string of the molecule is CCCCCCCCCCS(=O)(=O)c1[c]([Sn]([CH2]CCC)[CH2]CCC)s[c]([Sn]([CH2]CCC)([CH2]CCC)[CH2]CCC)c1S(=O)(=O)CCCCCCCCCC. The number of unbranched alkanes of at least 4 members (excludes halogenated alkanes) is 19. The number of thiophene rings is 1. The van der Waals surface area contributed by atoms with Gasteiger partial charge in [-0.2, -0.15) is 0 Å². The van der Waals surface area contributed by atoms with E-state index in [-0.39, 0.29) is 11.5 Å². The molecule has 313 valence electrons. The summed E-state index contributed by atoms with van der Waals surface area (Å²) >= 11 is -3.99. The van der Waals surface area contributed by atoms with Crippen molar-refractivity contribution in [3.8, 4) is 0 Å². The van der Waals surface area contributed by atoms with Gasteiger partial charge in [-0.3, -0.25) is 0 Å². The summed E-state index contributed by atoms with van der Waals surface area (Å²) in [6.07, 6.45) is 28.9. The summed E-state index contributed by atoms with van der Waals surface area (Å²) in [7, 11) is -7.49. The van der Waals surface area contributed by atoms with Crippen molar-refractivity contribution in [2.45, 2.75) is 247 Å². The van der Waals surface area contributed by atoms with Crippen molar-refractivity contribution in [2.24, 2.45) is 0 Å². The molecule has 0 aliphatic rings. The maximum absolute atomic E-state index is 15.1. The monoisotopic (exact) mass is 1020 g/mol. The smallest absolute Gasteiger partial charge is 0.0654 e. The zero-order valence-electron chi connectivity index (χ0n) is 36.2. The van der Waals surface area contributed by atoms with Crippen LogP contribution in [0.2, 0.25) is 22.2 Å². The minimum absolute atomic E-state index is 0.116. The summed E-state index contributed by atoms with van der Waals surface area (Å²) in [5.74, 6) is 0.232. The first-order chi connectivity index (χ1) is 25.5. The number of hydrogen-bond acceptors (Lipinski definition) is 5. The van der Waals surface area contributed by atoms with Crippen molar-refractivity contribution in [1.29, 1.82) is 0 Å². The Morgan fingerprint density at radius 2 is 0.736 bits per heavy atom. The van der Waals surface area contributed by atoms with E-state index in [1.165, 1.54) is 80.4 Å². The van der Waals surface area contributed by atoms with Crippen molar-refractivity contribution >= 4 is 74.9 Å². The van der Waals surface area contributed by atoms with Gasteiger partial charge in [0.05, 0.1) is 0 Å². The average molecular weight is 1010 g/mol. The molecule has 0 atom stereocenters. The Labute approximate surface area is 347 Å². The Morgan fingerprint density at radius 1 is 0.415 bits per heavy atom. The molecule has 0 aromatic carbocycles. The van der Waals surface area contributed by atoms with Crippen molar-refractivity contribution in [1.82, 2.24) is 0 Å². The summed E-state index contributed by atoms with van der Waals surface area (Å²) < 4.78 is 68.5. The first-order valence-corrected chi connectivity index (χ1v) is 40.1. The van der Waals surface area contributed by atoms with Crippen LogP contribution in [0.15, 0.2) is 9.79 Å². The van der Waals surface area contributed by atoms with Crippen LogP contribution < -0.4 is 5.79 Å². The van der Waals surface area contributed by atoms with E-state index in [1.54, 1.807) is 0 Å². The maximum atomic E-state index is 15.1. The van der Waals surface area contributed by atoms with Gasteiger partial charge in [-0.1, -0.05) is 13.8 Å². The second kappa shape index (κ2) is 31.2. The second-order valence-electron chi connectivity index (χ2n) is 16.4. The van der Waals surface area contributed by atoms with Gasteiger partial charge < -0.3 is 0 Å². The third-order valence-corrected chi connectivity index (χ3v) is 46.7. The Balaban J connectivity index is 3.96. The molecule has 0 spiro atoms. The van der Waals surface area contributed by atoms with E-state index in [1.807, 2.05) is 11.3 Å². The van der Waals surface area contributed by atoms with E-state index in [2.05, 4.69) is 48.5 Å². The minimum atomic E-state index is -3.75. The zero-order valence-corrected chi connectivity index (χ0v) is 44.3. The van der Waals surface area contributed by atoms with Gasteiger partial charge in [0, 0.05) is 0 Å². The summed E-state index contributed by atoms with van der Waals surface area (Å²) in [5.41, 5.74) is 0. The molecule has 1 rings (SSSR count). The van der Waals surface area contributed by atoms with Crippen LogP contribution in [-0.4, -0.2) is 66.5 Å². The first-order valence-electron chi connectivity index (χ1n) is 23.0. The zero-order chi connectivity index (χ0) is 39.4. The number of hydrogen-bond donors (Lipinski definition) is 0. The molecular weight excluding hydrogens is 926 g/mol. The minimum Gasteiger partial charge on any atom is -0.0654 e. The molecular formula is C44H87O4S3Sn2. The van der Waals surface area contributed by atoms with Gasteiger partial charge in [-0.25, -0.2) is 0 Å². The standard InChI is InChI=1S/C24H42O4S3.5C4H9.2Sn/c1-3-5-7-9-11-13-15-17-19-30(25,26)23-21-29-22-24(23)31(27,28)20-18-16-14-12-10-8-6-4-2;5*1-3-4-2;;/h3-20H2,1-2H3;5*1,3-4H2,2H3;;. The Hall–Kier alpha value is 1.20. The van der Waals surface area contributed by atoms with Crippen molar-refractivity contribution in [2.75, 3.05) is 11.5 Å². The fourth-order valence-corrected chi connectivity index (χ4v) is 52.5. The van der Waals surface area contributed by atoms with Crippen molar-refractivity contribution < 1.29 is 16.8 Å².